The molecule has 0 spiro atoms. The van der Waals surface area contributed by atoms with Crippen LogP contribution in [0, 0.1) is 5.41 Å². The van der Waals surface area contributed by atoms with Crippen LogP contribution in [0.25, 0.3) is 0 Å². The summed E-state index contributed by atoms with van der Waals surface area (Å²) in [6.07, 6.45) is 6.36. The predicted octanol–water partition coefficient (Wildman–Crippen LogP) is 4.83. The summed E-state index contributed by atoms with van der Waals surface area (Å²) in [4.78, 5) is 0. The molecule has 0 aliphatic heterocycles. The maximum absolute atomic E-state index is 6.03. The first kappa shape index (κ1) is 14.9. The lowest BCUT2D eigenvalue weighted by atomic mass is 9.75. The Kier molecular flexibility index (Phi) is 4.92. The van der Waals surface area contributed by atoms with Crippen molar-refractivity contribution in [3.05, 3.63) is 34.9 Å². The molecule has 2 heteroatoms. The van der Waals surface area contributed by atoms with Gasteiger partial charge in [-0.05, 0) is 62.1 Å². The van der Waals surface area contributed by atoms with Gasteiger partial charge < -0.3 is 5.32 Å². The normalized spacial score (nSPS) is 21.3. The van der Waals surface area contributed by atoms with Crippen molar-refractivity contribution in [1.82, 2.24) is 5.32 Å². The van der Waals surface area contributed by atoms with Crippen molar-refractivity contribution in [1.29, 1.82) is 0 Å². The van der Waals surface area contributed by atoms with Gasteiger partial charge >= 0.3 is 0 Å². The zero-order valence-corrected chi connectivity index (χ0v) is 13.1. The van der Waals surface area contributed by atoms with E-state index in [4.69, 9.17) is 11.6 Å². The minimum absolute atomic E-state index is 0.518. The van der Waals surface area contributed by atoms with Crippen LogP contribution in [0.2, 0.25) is 5.02 Å². The van der Waals surface area contributed by atoms with E-state index >= 15 is 0 Å². The molecule has 1 aliphatic carbocycles. The van der Waals surface area contributed by atoms with E-state index in [1.807, 2.05) is 12.1 Å². The number of benzene rings is 1. The van der Waals surface area contributed by atoms with Crippen LogP contribution in [-0.4, -0.2) is 12.1 Å². The van der Waals surface area contributed by atoms with Crippen LogP contribution in [0.3, 0.4) is 0 Å². The quantitative estimate of drug-likeness (QED) is 0.832. The largest absolute Gasteiger partial charge is 0.311 e. The molecule has 1 nitrogen and oxygen atoms in total. The average Bonchev–Trinajstić information content (AvgIpc) is 2.32. The summed E-state index contributed by atoms with van der Waals surface area (Å²) in [7, 11) is 0. The molecule has 1 aliphatic rings. The summed E-state index contributed by atoms with van der Waals surface area (Å²) in [6, 6.07) is 9.42. The molecule has 19 heavy (non-hydrogen) atoms. The van der Waals surface area contributed by atoms with Crippen LogP contribution in [0.1, 0.15) is 52.0 Å². The molecule has 1 atom stereocenters. The molecule has 1 aromatic carbocycles. The Hall–Kier alpha value is -0.530. The van der Waals surface area contributed by atoms with Gasteiger partial charge in [-0.1, -0.05) is 37.6 Å². The van der Waals surface area contributed by atoms with Crippen LogP contribution < -0.4 is 5.32 Å². The lowest BCUT2D eigenvalue weighted by Gasteiger charge is -2.36. The van der Waals surface area contributed by atoms with E-state index < -0.39 is 0 Å². The second kappa shape index (κ2) is 6.28. The predicted molar refractivity (Wildman–Crippen MR) is 83.8 cm³/mol. The number of rotatable bonds is 4. The first-order valence-corrected chi connectivity index (χ1v) is 7.83. The molecule has 2 rings (SSSR count). The summed E-state index contributed by atoms with van der Waals surface area (Å²) in [5.74, 6) is 0. The number of hydrogen-bond donors (Lipinski definition) is 1. The first-order chi connectivity index (χ1) is 8.94. The Balaban J connectivity index is 1.80. The molecule has 0 aromatic heterocycles. The minimum atomic E-state index is 0.518. The molecule has 0 radical (unpaired) electrons. The summed E-state index contributed by atoms with van der Waals surface area (Å²) in [5.41, 5.74) is 1.87. The van der Waals surface area contributed by atoms with Crippen molar-refractivity contribution in [3.8, 4) is 0 Å². The van der Waals surface area contributed by atoms with Crippen LogP contribution in [0.5, 0.6) is 0 Å². The van der Waals surface area contributed by atoms with Crippen LogP contribution >= 0.6 is 11.6 Å². The van der Waals surface area contributed by atoms with Crippen molar-refractivity contribution in [2.75, 3.05) is 0 Å². The fraction of sp³-hybridized carbons (Fsp3) is 0.647. The smallest absolute Gasteiger partial charge is 0.0408 e. The van der Waals surface area contributed by atoms with E-state index in [0.717, 1.165) is 11.4 Å². The SMILES string of the molecule is CC(Cc1cccc(Cl)c1)NC1CCC(C)(C)CC1. The monoisotopic (exact) mass is 279 g/mol. The molecule has 1 fully saturated rings. The minimum Gasteiger partial charge on any atom is -0.311 e. The Bertz CT molecular complexity index is 403. The molecule has 0 bridgehead atoms. The van der Waals surface area contributed by atoms with Crippen LogP contribution in [-0.2, 0) is 6.42 Å². The maximum atomic E-state index is 6.03. The van der Waals surface area contributed by atoms with E-state index in [1.54, 1.807) is 0 Å². The summed E-state index contributed by atoms with van der Waals surface area (Å²) < 4.78 is 0. The van der Waals surface area contributed by atoms with Gasteiger partial charge in [0.1, 0.15) is 0 Å². The molecule has 1 N–H and O–H groups in total. The molecule has 0 saturated heterocycles. The molecule has 0 amide bonds. The van der Waals surface area contributed by atoms with Gasteiger partial charge in [-0.25, -0.2) is 0 Å². The molecule has 1 unspecified atom stereocenters. The Morgan fingerprint density at radius 2 is 2.00 bits per heavy atom. The average molecular weight is 280 g/mol. The molecule has 1 aromatic rings. The highest BCUT2D eigenvalue weighted by Gasteiger charge is 2.27. The van der Waals surface area contributed by atoms with Gasteiger partial charge in [-0.3, -0.25) is 0 Å². The lowest BCUT2D eigenvalue weighted by molar-refractivity contribution is 0.199. The van der Waals surface area contributed by atoms with Gasteiger partial charge in [0.2, 0.25) is 0 Å². The fourth-order valence-electron chi connectivity index (χ4n) is 3.04. The van der Waals surface area contributed by atoms with E-state index in [0.29, 0.717) is 17.5 Å². The third-order valence-electron chi connectivity index (χ3n) is 4.29. The van der Waals surface area contributed by atoms with Gasteiger partial charge in [-0.15, -0.1) is 0 Å². The molecular formula is C17H26ClN. The summed E-state index contributed by atoms with van der Waals surface area (Å²) in [6.45, 7) is 7.05. The highest BCUT2D eigenvalue weighted by atomic mass is 35.5. The number of nitrogens with one attached hydrogen (secondary N) is 1. The van der Waals surface area contributed by atoms with E-state index in [1.165, 1.54) is 31.2 Å². The van der Waals surface area contributed by atoms with Gasteiger partial charge in [0, 0.05) is 17.1 Å². The van der Waals surface area contributed by atoms with E-state index in [2.05, 4.69) is 38.2 Å². The lowest BCUT2D eigenvalue weighted by Crippen LogP contribution is -2.41. The molecule has 106 valence electrons. The van der Waals surface area contributed by atoms with Crippen LogP contribution in [0.4, 0.5) is 0 Å². The Labute approximate surface area is 122 Å². The highest BCUT2D eigenvalue weighted by molar-refractivity contribution is 6.30. The van der Waals surface area contributed by atoms with Crippen molar-refractivity contribution in [2.45, 2.75) is 65.0 Å². The molecule has 1 saturated carbocycles. The number of hydrogen-bond acceptors (Lipinski definition) is 1. The van der Waals surface area contributed by atoms with Crippen molar-refractivity contribution < 1.29 is 0 Å². The van der Waals surface area contributed by atoms with E-state index in [-0.39, 0.29) is 0 Å². The second-order valence-corrected chi connectivity index (χ2v) is 7.28. The molecular weight excluding hydrogens is 254 g/mol. The zero-order valence-electron chi connectivity index (χ0n) is 12.4. The van der Waals surface area contributed by atoms with Gasteiger partial charge in [-0.2, -0.15) is 0 Å². The topological polar surface area (TPSA) is 12.0 Å². The molecule has 0 heterocycles. The fourth-order valence-corrected chi connectivity index (χ4v) is 3.26. The van der Waals surface area contributed by atoms with Crippen molar-refractivity contribution in [3.63, 3.8) is 0 Å². The maximum Gasteiger partial charge on any atom is 0.0408 e. The third kappa shape index (κ3) is 4.81. The first-order valence-electron chi connectivity index (χ1n) is 7.45. The summed E-state index contributed by atoms with van der Waals surface area (Å²) >= 11 is 6.03. The number of halogens is 1. The third-order valence-corrected chi connectivity index (χ3v) is 4.53. The highest BCUT2D eigenvalue weighted by Crippen LogP contribution is 2.35. The van der Waals surface area contributed by atoms with Crippen molar-refractivity contribution in [2.24, 2.45) is 5.41 Å². The van der Waals surface area contributed by atoms with Crippen LogP contribution in [0.15, 0.2) is 24.3 Å². The van der Waals surface area contributed by atoms with E-state index in [9.17, 15) is 0 Å². The zero-order chi connectivity index (χ0) is 13.9. The second-order valence-electron chi connectivity index (χ2n) is 6.84. The van der Waals surface area contributed by atoms with Crippen molar-refractivity contribution >= 4 is 11.6 Å². The van der Waals surface area contributed by atoms with Gasteiger partial charge in [0.05, 0.1) is 0 Å². The standard InChI is InChI=1S/C17H26ClN/c1-13(11-14-5-4-6-15(18)12-14)19-16-7-9-17(2,3)10-8-16/h4-6,12-13,16,19H,7-11H2,1-3H3. The summed E-state index contributed by atoms with van der Waals surface area (Å²) in [5, 5.41) is 4.62. The Morgan fingerprint density at radius 1 is 1.32 bits per heavy atom. The Morgan fingerprint density at radius 3 is 2.63 bits per heavy atom. The van der Waals surface area contributed by atoms with Gasteiger partial charge in [0.25, 0.3) is 0 Å². The van der Waals surface area contributed by atoms with Gasteiger partial charge in [0.15, 0.2) is 0 Å².